The van der Waals surface area contributed by atoms with Crippen molar-refractivity contribution < 1.29 is 12.8 Å². The molecule has 1 fully saturated rings. The van der Waals surface area contributed by atoms with Gasteiger partial charge < -0.3 is 4.42 Å². The zero-order valence-corrected chi connectivity index (χ0v) is 16.3. The van der Waals surface area contributed by atoms with E-state index < -0.39 is 10.0 Å². The van der Waals surface area contributed by atoms with Gasteiger partial charge in [-0.05, 0) is 49.7 Å². The molecule has 2 heterocycles. The lowest BCUT2D eigenvalue weighted by Crippen LogP contribution is -2.38. The van der Waals surface area contributed by atoms with Gasteiger partial charge in [-0.2, -0.15) is 0 Å². The van der Waals surface area contributed by atoms with Gasteiger partial charge >= 0.3 is 0 Å². The molecule has 1 atom stereocenters. The lowest BCUT2D eigenvalue weighted by Gasteiger charge is -2.29. The Morgan fingerprint density at radius 1 is 1.08 bits per heavy atom. The molecule has 0 saturated carbocycles. The van der Waals surface area contributed by atoms with Gasteiger partial charge in [0.2, 0.25) is 10.0 Å². The number of sulfonamides is 1. The van der Waals surface area contributed by atoms with Crippen LogP contribution in [0.1, 0.15) is 43.0 Å². The van der Waals surface area contributed by atoms with Gasteiger partial charge in [-0.1, -0.05) is 42.6 Å². The highest BCUT2D eigenvalue weighted by atomic mass is 35.5. The molecule has 3 rings (SSSR count). The number of nitrogens with one attached hydrogen (secondary N) is 1. The average Bonchev–Trinajstić information content (AvgIpc) is 3.00. The maximum absolute atomic E-state index is 12.6. The maximum atomic E-state index is 12.6. The molecule has 5 nitrogen and oxygen atoms in total. The molecular formula is C19H25ClN2O3S. The van der Waals surface area contributed by atoms with Gasteiger partial charge in [0, 0.05) is 11.6 Å². The summed E-state index contributed by atoms with van der Waals surface area (Å²) >= 11 is 6.10. The van der Waals surface area contributed by atoms with Crippen molar-refractivity contribution in [2.24, 2.45) is 0 Å². The number of rotatable bonds is 7. The van der Waals surface area contributed by atoms with Crippen LogP contribution in [0.5, 0.6) is 0 Å². The van der Waals surface area contributed by atoms with E-state index in [1.165, 1.54) is 12.8 Å². The molecule has 1 aliphatic rings. The standard InChI is InChI=1S/C19H25ClN2O3S/c20-17-9-4-3-8-16(17)15-26(23,24)21-14-18(19-10-7-13-25-19)22-11-5-1-2-6-12-22/h3-4,7-10,13,18,21H,1-2,5-6,11-12,14-15H2. The van der Waals surface area contributed by atoms with E-state index in [9.17, 15) is 8.42 Å². The van der Waals surface area contributed by atoms with E-state index in [0.29, 0.717) is 17.1 Å². The molecule has 1 N–H and O–H groups in total. The predicted molar refractivity (Wildman–Crippen MR) is 104 cm³/mol. The Balaban J connectivity index is 1.69. The minimum atomic E-state index is -3.49. The van der Waals surface area contributed by atoms with Crippen LogP contribution >= 0.6 is 11.6 Å². The van der Waals surface area contributed by atoms with Crippen LogP contribution in [0.4, 0.5) is 0 Å². The topological polar surface area (TPSA) is 62.6 Å². The zero-order valence-electron chi connectivity index (χ0n) is 14.7. The Kier molecular flexibility index (Phi) is 6.75. The van der Waals surface area contributed by atoms with Crippen LogP contribution in [0.25, 0.3) is 0 Å². The van der Waals surface area contributed by atoms with Crippen molar-refractivity contribution in [2.75, 3.05) is 19.6 Å². The molecule has 2 aromatic rings. The normalized spacial score (nSPS) is 17.7. The van der Waals surface area contributed by atoms with E-state index in [1.807, 2.05) is 12.1 Å². The molecule has 7 heteroatoms. The van der Waals surface area contributed by atoms with Crippen LogP contribution < -0.4 is 4.72 Å². The van der Waals surface area contributed by atoms with Gasteiger partial charge in [0.25, 0.3) is 0 Å². The average molecular weight is 397 g/mol. The molecule has 0 radical (unpaired) electrons. The van der Waals surface area contributed by atoms with Crippen LogP contribution in [0.2, 0.25) is 5.02 Å². The second-order valence-electron chi connectivity index (χ2n) is 6.68. The lowest BCUT2D eigenvalue weighted by atomic mass is 10.2. The van der Waals surface area contributed by atoms with E-state index >= 15 is 0 Å². The van der Waals surface area contributed by atoms with Crippen LogP contribution in [-0.2, 0) is 15.8 Å². The van der Waals surface area contributed by atoms with E-state index in [4.69, 9.17) is 16.0 Å². The summed E-state index contributed by atoms with van der Waals surface area (Å²) in [6.45, 7) is 2.20. The SMILES string of the molecule is O=S(=O)(Cc1ccccc1Cl)NCC(c1ccco1)N1CCCCCC1. The number of furan rings is 1. The highest BCUT2D eigenvalue weighted by molar-refractivity contribution is 7.88. The summed E-state index contributed by atoms with van der Waals surface area (Å²) in [6.07, 6.45) is 6.34. The molecule has 1 saturated heterocycles. The van der Waals surface area contributed by atoms with Crippen LogP contribution in [0.3, 0.4) is 0 Å². The monoisotopic (exact) mass is 396 g/mol. The van der Waals surface area contributed by atoms with Crippen LogP contribution in [0, 0.1) is 0 Å². The summed E-state index contributed by atoms with van der Waals surface area (Å²) in [5.74, 6) is 0.671. The molecule has 26 heavy (non-hydrogen) atoms. The minimum absolute atomic E-state index is 0.0934. The third-order valence-electron chi connectivity index (χ3n) is 4.75. The first-order valence-electron chi connectivity index (χ1n) is 9.03. The van der Waals surface area contributed by atoms with Crippen molar-refractivity contribution in [2.45, 2.75) is 37.5 Å². The minimum Gasteiger partial charge on any atom is -0.468 e. The summed E-state index contributed by atoms with van der Waals surface area (Å²) < 4.78 is 33.5. The molecule has 0 amide bonds. The van der Waals surface area contributed by atoms with Gasteiger partial charge in [-0.15, -0.1) is 0 Å². The van der Waals surface area contributed by atoms with E-state index in [2.05, 4.69) is 9.62 Å². The predicted octanol–water partition coefficient (Wildman–Crippen LogP) is 3.97. The number of hydrogen-bond acceptors (Lipinski definition) is 4. The van der Waals surface area contributed by atoms with Crippen molar-refractivity contribution in [1.82, 2.24) is 9.62 Å². The van der Waals surface area contributed by atoms with Crippen molar-refractivity contribution in [3.05, 3.63) is 59.0 Å². The Morgan fingerprint density at radius 2 is 1.81 bits per heavy atom. The second-order valence-corrected chi connectivity index (χ2v) is 8.89. The number of likely N-dealkylation sites (tertiary alicyclic amines) is 1. The summed E-state index contributed by atoms with van der Waals surface area (Å²) in [4.78, 5) is 2.32. The number of benzene rings is 1. The van der Waals surface area contributed by atoms with Gasteiger partial charge in [0.15, 0.2) is 0 Å². The van der Waals surface area contributed by atoms with Gasteiger partial charge in [0.1, 0.15) is 5.76 Å². The Bertz CT molecular complexity index is 785. The van der Waals surface area contributed by atoms with E-state index in [1.54, 1.807) is 30.5 Å². The van der Waals surface area contributed by atoms with Crippen LogP contribution in [-0.4, -0.2) is 33.0 Å². The molecule has 1 unspecified atom stereocenters. The number of hydrogen-bond donors (Lipinski definition) is 1. The molecule has 1 aromatic carbocycles. The van der Waals surface area contributed by atoms with E-state index in [0.717, 1.165) is 31.7 Å². The summed E-state index contributed by atoms with van der Waals surface area (Å²) in [6, 6.07) is 10.7. The first-order chi connectivity index (χ1) is 12.6. The van der Waals surface area contributed by atoms with Crippen molar-refractivity contribution in [3.8, 4) is 0 Å². The van der Waals surface area contributed by atoms with Crippen molar-refractivity contribution in [1.29, 1.82) is 0 Å². The molecule has 1 aliphatic heterocycles. The van der Waals surface area contributed by atoms with Gasteiger partial charge in [0.05, 0.1) is 18.1 Å². The number of nitrogens with zero attached hydrogens (tertiary/aromatic N) is 1. The van der Waals surface area contributed by atoms with Gasteiger partial charge in [-0.25, -0.2) is 13.1 Å². The highest BCUT2D eigenvalue weighted by Crippen LogP contribution is 2.25. The Hall–Kier alpha value is -1.34. The Labute approximate surface area is 160 Å². The summed E-state index contributed by atoms with van der Waals surface area (Å²) in [5, 5.41) is 0.466. The fraction of sp³-hybridized carbons (Fsp3) is 0.474. The molecule has 0 aliphatic carbocycles. The summed E-state index contributed by atoms with van der Waals surface area (Å²) in [5.41, 5.74) is 0.603. The first kappa shape index (κ1) is 19.4. The molecule has 0 spiro atoms. The fourth-order valence-corrected chi connectivity index (χ4v) is 4.83. The zero-order chi connectivity index (χ0) is 18.4. The summed E-state index contributed by atoms with van der Waals surface area (Å²) in [7, 11) is -3.49. The molecule has 142 valence electrons. The quantitative estimate of drug-likeness (QED) is 0.769. The fourth-order valence-electron chi connectivity index (χ4n) is 3.37. The largest absolute Gasteiger partial charge is 0.468 e. The number of halogens is 1. The highest BCUT2D eigenvalue weighted by Gasteiger charge is 2.25. The Morgan fingerprint density at radius 3 is 2.46 bits per heavy atom. The molecular weight excluding hydrogens is 372 g/mol. The third-order valence-corrected chi connectivity index (χ3v) is 6.42. The maximum Gasteiger partial charge on any atom is 0.215 e. The lowest BCUT2D eigenvalue weighted by molar-refractivity contribution is 0.182. The molecule has 1 aromatic heterocycles. The van der Waals surface area contributed by atoms with Gasteiger partial charge in [-0.3, -0.25) is 4.90 Å². The third kappa shape index (κ3) is 5.33. The smallest absolute Gasteiger partial charge is 0.215 e. The van der Waals surface area contributed by atoms with Crippen molar-refractivity contribution >= 4 is 21.6 Å². The molecule has 0 bridgehead atoms. The van der Waals surface area contributed by atoms with Crippen molar-refractivity contribution in [3.63, 3.8) is 0 Å². The van der Waals surface area contributed by atoms with E-state index in [-0.39, 0.29) is 11.8 Å². The van der Waals surface area contributed by atoms with Crippen LogP contribution in [0.15, 0.2) is 47.1 Å². The first-order valence-corrected chi connectivity index (χ1v) is 11.1. The second kappa shape index (κ2) is 9.04.